The molecule has 4 N–H and O–H groups in total. The van der Waals surface area contributed by atoms with Gasteiger partial charge in [0, 0.05) is 0 Å². The van der Waals surface area contributed by atoms with Crippen LogP contribution in [0.4, 0.5) is 4.79 Å². The molecule has 122 valence electrons. The van der Waals surface area contributed by atoms with Gasteiger partial charge in [0.15, 0.2) is 0 Å². The third-order valence-electron chi connectivity index (χ3n) is 2.50. The second-order valence-electron chi connectivity index (χ2n) is 5.60. The Hall–Kier alpha value is -1.83. The van der Waals surface area contributed by atoms with E-state index in [0.29, 0.717) is 6.42 Å². The Kier molecular flexibility index (Phi) is 7.72. The average Bonchev–Trinajstić information content (AvgIpc) is 2.33. The van der Waals surface area contributed by atoms with Crippen molar-refractivity contribution in [1.29, 1.82) is 0 Å². The first-order valence-corrected chi connectivity index (χ1v) is 6.62. The third kappa shape index (κ3) is 8.85. The third-order valence-corrected chi connectivity index (χ3v) is 2.50. The molecule has 0 saturated heterocycles. The monoisotopic (exact) mass is 304 g/mol. The normalized spacial score (nSPS) is 14.0. The van der Waals surface area contributed by atoms with Gasteiger partial charge in [-0.3, -0.25) is 4.79 Å². The Labute approximate surface area is 124 Å². The van der Waals surface area contributed by atoms with Gasteiger partial charge < -0.3 is 25.6 Å². The minimum Gasteiger partial charge on any atom is -0.480 e. The molecule has 2 atom stereocenters. The summed E-state index contributed by atoms with van der Waals surface area (Å²) in [4.78, 5) is 33.7. The van der Waals surface area contributed by atoms with Crippen LogP contribution < -0.4 is 11.1 Å². The average molecular weight is 304 g/mol. The Morgan fingerprint density at radius 1 is 1.24 bits per heavy atom. The number of hydrogen-bond acceptors (Lipinski definition) is 6. The molecule has 0 unspecified atom stereocenters. The van der Waals surface area contributed by atoms with Crippen LogP contribution in [0.2, 0.25) is 0 Å². The van der Waals surface area contributed by atoms with Crippen molar-refractivity contribution in [3.05, 3.63) is 0 Å². The molecule has 0 fully saturated rings. The lowest BCUT2D eigenvalue weighted by Gasteiger charge is -2.22. The molecule has 0 aliphatic carbocycles. The van der Waals surface area contributed by atoms with E-state index >= 15 is 0 Å². The van der Waals surface area contributed by atoms with Crippen molar-refractivity contribution >= 4 is 18.0 Å². The SMILES string of the molecule is COC(=O)[C@H](N)CCC[C@H](NC(=O)OC(C)(C)C)C(=O)O. The van der Waals surface area contributed by atoms with E-state index in [2.05, 4.69) is 10.1 Å². The smallest absolute Gasteiger partial charge is 0.408 e. The summed E-state index contributed by atoms with van der Waals surface area (Å²) < 4.78 is 9.46. The number of carbonyl (C=O) groups is 3. The van der Waals surface area contributed by atoms with Crippen LogP contribution in [0.15, 0.2) is 0 Å². The second kappa shape index (κ2) is 8.46. The van der Waals surface area contributed by atoms with Crippen LogP contribution in [0.1, 0.15) is 40.0 Å². The van der Waals surface area contributed by atoms with Crippen LogP contribution >= 0.6 is 0 Å². The van der Waals surface area contributed by atoms with E-state index in [1.54, 1.807) is 20.8 Å². The molecular formula is C13H24N2O6. The molecule has 21 heavy (non-hydrogen) atoms. The molecule has 0 spiro atoms. The Morgan fingerprint density at radius 3 is 2.24 bits per heavy atom. The molecule has 0 radical (unpaired) electrons. The number of amides is 1. The van der Waals surface area contributed by atoms with Crippen LogP contribution in [-0.2, 0) is 19.1 Å². The number of hydrogen-bond donors (Lipinski definition) is 3. The van der Waals surface area contributed by atoms with Crippen LogP contribution in [0, 0.1) is 0 Å². The summed E-state index contributed by atoms with van der Waals surface area (Å²) in [6.07, 6.45) is -0.0402. The van der Waals surface area contributed by atoms with E-state index in [9.17, 15) is 14.4 Å². The number of nitrogens with two attached hydrogens (primary N) is 1. The van der Waals surface area contributed by atoms with Crippen molar-refractivity contribution in [2.75, 3.05) is 7.11 Å². The molecule has 0 heterocycles. The van der Waals surface area contributed by atoms with Crippen molar-refractivity contribution < 1.29 is 29.0 Å². The summed E-state index contributed by atoms with van der Waals surface area (Å²) in [5, 5.41) is 11.3. The molecule has 0 aliphatic heterocycles. The summed E-state index contributed by atoms with van der Waals surface area (Å²) in [5.41, 5.74) is 4.83. The summed E-state index contributed by atoms with van der Waals surface area (Å²) in [7, 11) is 1.23. The molecule has 1 amide bonds. The maximum absolute atomic E-state index is 11.5. The van der Waals surface area contributed by atoms with Gasteiger partial charge in [-0.1, -0.05) is 0 Å². The van der Waals surface area contributed by atoms with Crippen molar-refractivity contribution in [3.63, 3.8) is 0 Å². The lowest BCUT2D eigenvalue weighted by atomic mass is 10.1. The summed E-state index contributed by atoms with van der Waals surface area (Å²) in [5.74, 6) is -1.73. The number of carboxylic acids is 1. The van der Waals surface area contributed by atoms with Crippen LogP contribution in [-0.4, -0.2) is 47.9 Å². The Bertz CT molecular complexity index is 377. The van der Waals surface area contributed by atoms with Crippen molar-refractivity contribution in [1.82, 2.24) is 5.32 Å². The fourth-order valence-corrected chi connectivity index (χ4v) is 1.52. The summed E-state index contributed by atoms with van der Waals surface area (Å²) in [6, 6.07) is -1.89. The molecule has 8 nitrogen and oxygen atoms in total. The number of esters is 1. The standard InChI is InChI=1S/C13H24N2O6/c1-13(2,3)21-12(19)15-9(10(16)17)7-5-6-8(14)11(18)20-4/h8-9H,5-7,14H2,1-4H3,(H,15,19)(H,16,17)/t8-,9+/m1/s1. The number of methoxy groups -OCH3 is 1. The van der Waals surface area contributed by atoms with E-state index in [1.807, 2.05) is 0 Å². The molecule has 0 aromatic carbocycles. The van der Waals surface area contributed by atoms with Gasteiger partial charge in [-0.2, -0.15) is 0 Å². The number of rotatable bonds is 7. The number of alkyl carbamates (subject to hydrolysis) is 1. The zero-order valence-electron chi connectivity index (χ0n) is 12.8. The highest BCUT2D eigenvalue weighted by Gasteiger charge is 2.24. The maximum atomic E-state index is 11.5. The van der Waals surface area contributed by atoms with Gasteiger partial charge in [0.25, 0.3) is 0 Å². The van der Waals surface area contributed by atoms with Gasteiger partial charge in [0.05, 0.1) is 7.11 Å². The Morgan fingerprint density at radius 2 is 1.81 bits per heavy atom. The second-order valence-corrected chi connectivity index (χ2v) is 5.60. The highest BCUT2D eigenvalue weighted by Crippen LogP contribution is 2.09. The molecule has 0 rings (SSSR count). The molecule has 0 aromatic rings. The molecule has 0 aromatic heterocycles. The molecule has 0 bridgehead atoms. The number of aliphatic carboxylic acids is 1. The quantitative estimate of drug-likeness (QED) is 0.588. The highest BCUT2D eigenvalue weighted by molar-refractivity contribution is 5.80. The van der Waals surface area contributed by atoms with Crippen molar-refractivity contribution in [3.8, 4) is 0 Å². The van der Waals surface area contributed by atoms with E-state index in [-0.39, 0.29) is 12.8 Å². The molecular weight excluding hydrogens is 280 g/mol. The Balaban J connectivity index is 4.30. The van der Waals surface area contributed by atoms with E-state index < -0.39 is 35.7 Å². The summed E-state index contributed by atoms with van der Waals surface area (Å²) in [6.45, 7) is 5.03. The predicted molar refractivity (Wildman–Crippen MR) is 74.6 cm³/mol. The van der Waals surface area contributed by atoms with E-state index in [0.717, 1.165) is 0 Å². The molecule has 0 aliphatic rings. The first kappa shape index (κ1) is 19.2. The van der Waals surface area contributed by atoms with Gasteiger partial charge in [0.2, 0.25) is 0 Å². The first-order valence-electron chi connectivity index (χ1n) is 6.62. The van der Waals surface area contributed by atoms with Crippen LogP contribution in [0.3, 0.4) is 0 Å². The van der Waals surface area contributed by atoms with Gasteiger partial charge in [-0.05, 0) is 40.0 Å². The van der Waals surface area contributed by atoms with Crippen molar-refractivity contribution in [2.24, 2.45) is 5.73 Å². The number of carboxylic acid groups (broad SMARTS) is 1. The number of nitrogens with one attached hydrogen (secondary N) is 1. The topological polar surface area (TPSA) is 128 Å². The van der Waals surface area contributed by atoms with Crippen LogP contribution in [0.5, 0.6) is 0 Å². The van der Waals surface area contributed by atoms with E-state index in [4.69, 9.17) is 15.6 Å². The fourth-order valence-electron chi connectivity index (χ4n) is 1.52. The predicted octanol–water partition coefficient (Wildman–Crippen LogP) is 0.635. The number of ether oxygens (including phenoxy) is 2. The maximum Gasteiger partial charge on any atom is 0.408 e. The van der Waals surface area contributed by atoms with Crippen LogP contribution in [0.25, 0.3) is 0 Å². The fraction of sp³-hybridized carbons (Fsp3) is 0.769. The minimum absolute atomic E-state index is 0.138. The minimum atomic E-state index is -1.17. The van der Waals surface area contributed by atoms with Gasteiger partial charge in [0.1, 0.15) is 17.7 Å². The van der Waals surface area contributed by atoms with Gasteiger partial charge >= 0.3 is 18.0 Å². The van der Waals surface area contributed by atoms with E-state index in [1.165, 1.54) is 7.11 Å². The molecule has 8 heteroatoms. The zero-order valence-corrected chi connectivity index (χ0v) is 12.8. The largest absolute Gasteiger partial charge is 0.480 e. The lowest BCUT2D eigenvalue weighted by Crippen LogP contribution is -2.43. The number of carbonyl (C=O) groups excluding carboxylic acids is 2. The molecule has 0 saturated carbocycles. The van der Waals surface area contributed by atoms with Gasteiger partial charge in [-0.25, -0.2) is 9.59 Å². The lowest BCUT2D eigenvalue weighted by molar-refractivity contribution is -0.142. The van der Waals surface area contributed by atoms with Crippen molar-refractivity contribution in [2.45, 2.75) is 57.7 Å². The van der Waals surface area contributed by atoms with Gasteiger partial charge in [-0.15, -0.1) is 0 Å². The highest BCUT2D eigenvalue weighted by atomic mass is 16.6. The summed E-state index contributed by atoms with van der Waals surface area (Å²) >= 11 is 0. The zero-order chi connectivity index (χ0) is 16.6. The first-order chi connectivity index (χ1) is 9.56.